The van der Waals surface area contributed by atoms with Crippen molar-refractivity contribution in [1.29, 1.82) is 0 Å². The minimum Gasteiger partial charge on any atom is -0.396 e. The molecule has 1 rings (SSSR count). The lowest BCUT2D eigenvalue weighted by Gasteiger charge is -2.10. The van der Waals surface area contributed by atoms with E-state index < -0.39 is 0 Å². The third kappa shape index (κ3) is 4.19. The van der Waals surface area contributed by atoms with Gasteiger partial charge in [0.1, 0.15) is 10.8 Å². The molecule has 0 amide bonds. The number of hydrogen-bond donors (Lipinski definition) is 2. The van der Waals surface area contributed by atoms with Crippen LogP contribution >= 0.6 is 23.5 Å². The first-order chi connectivity index (χ1) is 7.69. The molecule has 2 N–H and O–H groups in total. The highest BCUT2D eigenvalue weighted by Crippen LogP contribution is 2.26. The number of aliphatic hydroxyl groups excluding tert-OH is 1. The van der Waals surface area contributed by atoms with Crippen LogP contribution in [0.5, 0.6) is 0 Å². The van der Waals surface area contributed by atoms with Gasteiger partial charge >= 0.3 is 0 Å². The first-order valence-electron chi connectivity index (χ1n) is 5.08. The smallest absolute Gasteiger partial charge is 0.190 e. The fourth-order valence-electron chi connectivity index (χ4n) is 1.13. The molecular formula is C10H17N3OS2. The Morgan fingerprint density at radius 2 is 2.25 bits per heavy atom. The lowest BCUT2D eigenvalue weighted by molar-refractivity contribution is 0.289. The van der Waals surface area contributed by atoms with Crippen LogP contribution in [0, 0.1) is 0 Å². The number of aromatic nitrogens is 2. The molecule has 0 aliphatic rings. The van der Waals surface area contributed by atoms with E-state index in [1.54, 1.807) is 11.8 Å². The van der Waals surface area contributed by atoms with E-state index in [2.05, 4.69) is 22.2 Å². The van der Waals surface area contributed by atoms with Crippen molar-refractivity contribution in [2.75, 3.05) is 25.2 Å². The summed E-state index contributed by atoms with van der Waals surface area (Å²) in [5.41, 5.74) is 0. The Labute approximate surface area is 105 Å². The second-order valence-electron chi connectivity index (χ2n) is 3.27. The minimum absolute atomic E-state index is 0.216. The Balaban J connectivity index is 2.78. The van der Waals surface area contributed by atoms with Gasteiger partial charge in [0.25, 0.3) is 0 Å². The number of nitrogens with zero attached hydrogens (tertiary/aromatic N) is 2. The van der Waals surface area contributed by atoms with Crippen LogP contribution in [-0.2, 0) is 0 Å². The van der Waals surface area contributed by atoms with Crippen LogP contribution in [0.15, 0.2) is 16.2 Å². The zero-order valence-electron chi connectivity index (χ0n) is 9.73. The molecule has 1 aromatic rings. The predicted molar refractivity (Wildman–Crippen MR) is 70.4 cm³/mol. The van der Waals surface area contributed by atoms with Crippen molar-refractivity contribution >= 4 is 29.3 Å². The summed E-state index contributed by atoms with van der Waals surface area (Å²) in [6.45, 7) is 2.30. The lowest BCUT2D eigenvalue weighted by atomic mass is 10.3. The maximum Gasteiger partial charge on any atom is 0.190 e. The topological polar surface area (TPSA) is 58.0 Å². The number of thioether (sulfide) groups is 2. The van der Waals surface area contributed by atoms with Crippen LogP contribution in [0.1, 0.15) is 13.3 Å². The van der Waals surface area contributed by atoms with Crippen molar-refractivity contribution in [2.24, 2.45) is 0 Å². The summed E-state index contributed by atoms with van der Waals surface area (Å²) in [7, 11) is 1.85. The van der Waals surface area contributed by atoms with Gasteiger partial charge in [-0.15, -0.1) is 11.8 Å². The highest BCUT2D eigenvalue weighted by atomic mass is 32.2. The molecule has 0 bridgehead atoms. The van der Waals surface area contributed by atoms with Crippen LogP contribution in [-0.4, -0.2) is 40.2 Å². The Morgan fingerprint density at radius 3 is 2.81 bits per heavy atom. The van der Waals surface area contributed by atoms with Crippen molar-refractivity contribution in [2.45, 2.75) is 28.8 Å². The van der Waals surface area contributed by atoms with E-state index in [9.17, 15) is 0 Å². The molecule has 0 saturated heterocycles. The second kappa shape index (κ2) is 6.98. The van der Waals surface area contributed by atoms with Crippen LogP contribution in [0.4, 0.5) is 5.82 Å². The fourth-order valence-corrected chi connectivity index (χ4v) is 2.52. The van der Waals surface area contributed by atoms with Crippen molar-refractivity contribution in [3.05, 3.63) is 6.07 Å². The van der Waals surface area contributed by atoms with Crippen LogP contribution in [0.25, 0.3) is 0 Å². The average molecular weight is 259 g/mol. The number of aliphatic hydroxyl groups is 1. The number of anilines is 1. The highest BCUT2D eigenvalue weighted by Gasteiger charge is 2.08. The Bertz CT molecular complexity index is 314. The summed E-state index contributed by atoms with van der Waals surface area (Å²) in [4.78, 5) is 8.72. The van der Waals surface area contributed by atoms with Gasteiger partial charge in [-0.1, -0.05) is 18.7 Å². The Morgan fingerprint density at radius 1 is 1.50 bits per heavy atom. The van der Waals surface area contributed by atoms with E-state index in [0.717, 1.165) is 22.4 Å². The number of nitrogens with one attached hydrogen (secondary N) is 1. The van der Waals surface area contributed by atoms with Gasteiger partial charge < -0.3 is 10.4 Å². The highest BCUT2D eigenvalue weighted by molar-refractivity contribution is 8.00. The molecule has 90 valence electrons. The summed E-state index contributed by atoms with van der Waals surface area (Å²) >= 11 is 3.19. The van der Waals surface area contributed by atoms with E-state index in [1.165, 1.54) is 11.8 Å². The quantitative estimate of drug-likeness (QED) is 0.463. The zero-order chi connectivity index (χ0) is 12.0. The molecule has 1 atom stereocenters. The summed E-state index contributed by atoms with van der Waals surface area (Å²) in [5.74, 6) is 0.832. The molecule has 16 heavy (non-hydrogen) atoms. The van der Waals surface area contributed by atoms with Gasteiger partial charge in [0, 0.05) is 25.0 Å². The van der Waals surface area contributed by atoms with Crippen molar-refractivity contribution in [3.8, 4) is 0 Å². The van der Waals surface area contributed by atoms with Gasteiger partial charge in [-0.2, -0.15) is 0 Å². The van der Waals surface area contributed by atoms with Crippen LogP contribution in [0.3, 0.4) is 0 Å². The first-order valence-corrected chi connectivity index (χ1v) is 7.18. The second-order valence-corrected chi connectivity index (χ2v) is 5.50. The molecule has 0 aromatic carbocycles. The number of rotatable bonds is 6. The van der Waals surface area contributed by atoms with Gasteiger partial charge in [0.05, 0.1) is 0 Å². The standard InChI is InChI=1S/C10H17N3OS2/c1-7(4-5-14)16-9-6-8(11-2)12-10(13-9)15-3/h6-7,14H,4-5H2,1-3H3,(H,11,12,13). The molecule has 1 heterocycles. The van der Waals surface area contributed by atoms with Crippen molar-refractivity contribution in [1.82, 2.24) is 9.97 Å². The molecule has 6 heteroatoms. The molecule has 1 unspecified atom stereocenters. The Hall–Kier alpha value is -0.460. The third-order valence-electron chi connectivity index (χ3n) is 1.98. The largest absolute Gasteiger partial charge is 0.396 e. The van der Waals surface area contributed by atoms with E-state index >= 15 is 0 Å². The molecular weight excluding hydrogens is 242 g/mol. The maximum absolute atomic E-state index is 8.85. The van der Waals surface area contributed by atoms with Gasteiger partial charge in [-0.05, 0) is 12.7 Å². The molecule has 1 aromatic heterocycles. The van der Waals surface area contributed by atoms with Gasteiger partial charge in [-0.25, -0.2) is 9.97 Å². The van der Waals surface area contributed by atoms with Crippen molar-refractivity contribution < 1.29 is 5.11 Å². The molecule has 0 aliphatic carbocycles. The summed E-state index contributed by atoms with van der Waals surface area (Å²) in [6.07, 6.45) is 2.73. The normalized spacial score (nSPS) is 12.5. The van der Waals surface area contributed by atoms with Gasteiger partial charge in [0.15, 0.2) is 5.16 Å². The average Bonchev–Trinajstić information content (AvgIpc) is 2.28. The van der Waals surface area contributed by atoms with Gasteiger partial charge in [-0.3, -0.25) is 0 Å². The zero-order valence-corrected chi connectivity index (χ0v) is 11.4. The van der Waals surface area contributed by atoms with E-state index in [4.69, 9.17) is 5.11 Å². The molecule has 0 fully saturated rings. The fraction of sp³-hybridized carbons (Fsp3) is 0.600. The maximum atomic E-state index is 8.85. The number of hydrogen-bond acceptors (Lipinski definition) is 6. The first kappa shape index (κ1) is 13.6. The Kier molecular flexibility index (Phi) is 5.94. The lowest BCUT2D eigenvalue weighted by Crippen LogP contribution is -2.02. The van der Waals surface area contributed by atoms with Crippen LogP contribution < -0.4 is 5.32 Å². The monoisotopic (exact) mass is 259 g/mol. The van der Waals surface area contributed by atoms with E-state index in [0.29, 0.717) is 5.25 Å². The van der Waals surface area contributed by atoms with Gasteiger partial charge in [0.2, 0.25) is 0 Å². The van der Waals surface area contributed by atoms with E-state index in [-0.39, 0.29) is 6.61 Å². The van der Waals surface area contributed by atoms with E-state index in [1.807, 2.05) is 19.4 Å². The molecule has 0 saturated carbocycles. The van der Waals surface area contributed by atoms with Crippen molar-refractivity contribution in [3.63, 3.8) is 0 Å². The summed E-state index contributed by atoms with van der Waals surface area (Å²) in [5, 5.41) is 14.0. The molecule has 4 nitrogen and oxygen atoms in total. The SMILES string of the molecule is CNc1cc(SC(C)CCO)nc(SC)n1. The predicted octanol–water partition coefficient (Wildman–Crippen LogP) is 2.10. The van der Waals surface area contributed by atoms with Crippen LogP contribution in [0.2, 0.25) is 0 Å². The molecule has 0 spiro atoms. The minimum atomic E-state index is 0.216. The summed E-state index contributed by atoms with van der Waals surface area (Å²) < 4.78 is 0. The summed E-state index contributed by atoms with van der Waals surface area (Å²) in [6, 6.07) is 1.93. The molecule has 0 radical (unpaired) electrons. The molecule has 0 aliphatic heterocycles. The third-order valence-corrected chi connectivity index (χ3v) is 3.61.